The highest BCUT2D eigenvalue weighted by molar-refractivity contribution is 5.90. The van der Waals surface area contributed by atoms with Crippen molar-refractivity contribution in [1.82, 2.24) is 19.6 Å². The molecule has 10 heteroatoms. The quantitative estimate of drug-likeness (QED) is 0.377. The number of carbonyl (C=O) groups is 1. The molecule has 40 heavy (non-hydrogen) atoms. The molecule has 1 unspecified atom stereocenters. The molecule has 1 saturated carbocycles. The highest BCUT2D eigenvalue weighted by atomic mass is 19.1. The average Bonchev–Trinajstić information content (AvgIpc) is 3.55. The van der Waals surface area contributed by atoms with E-state index >= 15 is 0 Å². The van der Waals surface area contributed by atoms with Crippen molar-refractivity contribution in [3.05, 3.63) is 69.5 Å². The fourth-order valence-corrected chi connectivity index (χ4v) is 6.21. The lowest BCUT2D eigenvalue weighted by atomic mass is 9.76. The first-order chi connectivity index (χ1) is 18.9. The molecule has 0 radical (unpaired) electrons. The molecule has 0 amide bonds. The number of esters is 1. The van der Waals surface area contributed by atoms with E-state index in [2.05, 4.69) is 15.1 Å². The Morgan fingerprint density at radius 1 is 1.18 bits per heavy atom. The molecule has 2 aliphatic rings. The van der Waals surface area contributed by atoms with Gasteiger partial charge in [-0.2, -0.15) is 10.2 Å². The monoisotopic (exact) mass is 549 g/mol. The molecule has 1 aliphatic heterocycles. The summed E-state index contributed by atoms with van der Waals surface area (Å²) in [6, 6.07) is 6.32. The summed E-state index contributed by atoms with van der Waals surface area (Å²) in [5.41, 5.74) is -0.399. The number of hydrogen-bond acceptors (Lipinski definition) is 7. The second-order valence-electron chi connectivity index (χ2n) is 11.7. The van der Waals surface area contributed by atoms with Gasteiger partial charge in [-0.1, -0.05) is 12.8 Å². The molecule has 1 aliphatic carbocycles. The second kappa shape index (κ2) is 10.3. The van der Waals surface area contributed by atoms with E-state index in [0.29, 0.717) is 23.6 Å². The first-order valence-corrected chi connectivity index (χ1v) is 13.7. The Bertz CT molecular complexity index is 1540. The number of rotatable bonds is 7. The Morgan fingerprint density at radius 2 is 1.85 bits per heavy atom. The highest BCUT2D eigenvalue weighted by Crippen LogP contribution is 2.46. The Balaban J connectivity index is 1.41. The van der Waals surface area contributed by atoms with Gasteiger partial charge >= 0.3 is 5.97 Å². The third-order valence-corrected chi connectivity index (χ3v) is 8.30. The number of nitrogens with zero attached hydrogens (tertiary/aromatic N) is 5. The molecule has 1 fully saturated rings. The van der Waals surface area contributed by atoms with E-state index in [1.807, 2.05) is 26.0 Å². The zero-order valence-electron chi connectivity index (χ0n) is 23.2. The number of nitriles is 1. The van der Waals surface area contributed by atoms with Gasteiger partial charge in [0.25, 0.3) is 5.78 Å². The molecule has 3 aromatic rings. The minimum atomic E-state index is -1.31. The SMILES string of the molecule is Cc1cc(C)n2nc(CC3=C(O)CC(CCc4cc(F)c(C(C)(C)C#N)c(F)c4)(C4CCCC4)OC3=O)nc2n1. The van der Waals surface area contributed by atoms with Crippen LogP contribution in [0.3, 0.4) is 0 Å². The lowest BCUT2D eigenvalue weighted by Gasteiger charge is -2.41. The van der Waals surface area contributed by atoms with Gasteiger partial charge in [0.2, 0.25) is 0 Å². The Morgan fingerprint density at radius 3 is 2.48 bits per heavy atom. The van der Waals surface area contributed by atoms with Gasteiger partial charge in [0.15, 0.2) is 5.82 Å². The van der Waals surface area contributed by atoms with Crippen molar-refractivity contribution in [2.45, 2.75) is 90.1 Å². The normalized spacial score (nSPS) is 20.3. The molecule has 0 spiro atoms. The summed E-state index contributed by atoms with van der Waals surface area (Å²) >= 11 is 0. The standard InChI is InChI=1S/C30H33F2N5O3/c1-17-11-18(2)37-28(34-17)35-25(36-37)14-21-24(38)15-30(40-27(21)39,20-7-5-6-8-20)10-9-19-12-22(31)26(23(32)13-19)29(3,4)16-33/h11-13,20,38H,5-10,14-15H2,1-4H3. The molecule has 3 heterocycles. The Labute approximate surface area is 231 Å². The third-order valence-electron chi connectivity index (χ3n) is 8.30. The molecule has 1 atom stereocenters. The minimum absolute atomic E-state index is 0.000175. The molecular weight excluding hydrogens is 516 g/mol. The van der Waals surface area contributed by atoms with Crippen molar-refractivity contribution in [2.75, 3.05) is 0 Å². The van der Waals surface area contributed by atoms with Crippen molar-refractivity contribution in [3.63, 3.8) is 0 Å². The van der Waals surface area contributed by atoms with E-state index in [4.69, 9.17) is 4.74 Å². The molecule has 0 saturated heterocycles. The van der Waals surface area contributed by atoms with E-state index in [1.54, 1.807) is 4.52 Å². The predicted octanol–water partition coefficient (Wildman–Crippen LogP) is 5.68. The van der Waals surface area contributed by atoms with Crippen LogP contribution in [0.4, 0.5) is 8.78 Å². The minimum Gasteiger partial charge on any atom is -0.512 e. The highest BCUT2D eigenvalue weighted by Gasteiger charge is 2.48. The van der Waals surface area contributed by atoms with E-state index in [-0.39, 0.29) is 42.1 Å². The van der Waals surface area contributed by atoms with Crippen LogP contribution in [-0.2, 0) is 27.8 Å². The van der Waals surface area contributed by atoms with Crippen LogP contribution in [0.2, 0.25) is 0 Å². The number of aryl methyl sites for hydroxylation is 3. The molecule has 2 aromatic heterocycles. The van der Waals surface area contributed by atoms with Gasteiger partial charge < -0.3 is 9.84 Å². The summed E-state index contributed by atoms with van der Waals surface area (Å²) < 4.78 is 37.6. The number of aliphatic hydroxyl groups excluding tert-OH is 1. The Kier molecular flexibility index (Phi) is 7.11. The smallest absolute Gasteiger partial charge is 0.338 e. The number of fused-ring (bicyclic) bond motifs is 1. The molecular formula is C30H33F2N5O3. The molecule has 5 rings (SSSR count). The largest absolute Gasteiger partial charge is 0.512 e. The summed E-state index contributed by atoms with van der Waals surface area (Å²) in [4.78, 5) is 22.2. The van der Waals surface area contributed by atoms with Crippen LogP contribution in [0.15, 0.2) is 29.5 Å². The summed E-state index contributed by atoms with van der Waals surface area (Å²) in [6.07, 6.45) is 4.31. The zero-order valence-corrected chi connectivity index (χ0v) is 23.2. The number of halogens is 2. The number of cyclic esters (lactones) is 1. The van der Waals surface area contributed by atoms with Gasteiger partial charge in [-0.05, 0) is 83.1 Å². The van der Waals surface area contributed by atoms with Gasteiger partial charge in [0, 0.05) is 29.8 Å². The van der Waals surface area contributed by atoms with Crippen LogP contribution < -0.4 is 0 Å². The lowest BCUT2D eigenvalue weighted by Crippen LogP contribution is -2.46. The predicted molar refractivity (Wildman–Crippen MR) is 142 cm³/mol. The van der Waals surface area contributed by atoms with Crippen LogP contribution in [0.25, 0.3) is 5.78 Å². The average molecular weight is 550 g/mol. The van der Waals surface area contributed by atoms with Crippen molar-refractivity contribution in [3.8, 4) is 6.07 Å². The number of ether oxygens (including phenoxy) is 1. The zero-order chi connectivity index (χ0) is 28.8. The van der Waals surface area contributed by atoms with E-state index in [0.717, 1.165) is 37.1 Å². The lowest BCUT2D eigenvalue weighted by molar-refractivity contribution is -0.167. The van der Waals surface area contributed by atoms with Crippen LogP contribution in [0.5, 0.6) is 0 Å². The first kappa shape index (κ1) is 27.7. The van der Waals surface area contributed by atoms with Crippen molar-refractivity contribution in [2.24, 2.45) is 5.92 Å². The van der Waals surface area contributed by atoms with Crippen LogP contribution >= 0.6 is 0 Å². The molecule has 0 bridgehead atoms. The first-order valence-electron chi connectivity index (χ1n) is 13.7. The summed E-state index contributed by atoms with van der Waals surface area (Å²) in [6.45, 7) is 6.69. The molecule has 1 aromatic carbocycles. The van der Waals surface area contributed by atoms with Crippen molar-refractivity contribution in [1.29, 1.82) is 5.26 Å². The third kappa shape index (κ3) is 5.05. The molecule has 1 N–H and O–H groups in total. The number of benzene rings is 1. The van der Waals surface area contributed by atoms with Gasteiger partial charge in [0.05, 0.1) is 17.1 Å². The van der Waals surface area contributed by atoms with Gasteiger partial charge in [0.1, 0.15) is 23.0 Å². The van der Waals surface area contributed by atoms with Crippen LogP contribution in [-0.4, -0.2) is 36.3 Å². The fourth-order valence-electron chi connectivity index (χ4n) is 6.21. The topological polar surface area (TPSA) is 113 Å². The summed E-state index contributed by atoms with van der Waals surface area (Å²) in [5.74, 6) is -1.45. The second-order valence-corrected chi connectivity index (χ2v) is 11.7. The number of aromatic nitrogens is 4. The maximum Gasteiger partial charge on any atom is 0.338 e. The van der Waals surface area contributed by atoms with Crippen LogP contribution in [0.1, 0.15) is 80.7 Å². The Hall–Kier alpha value is -3.87. The van der Waals surface area contributed by atoms with E-state index in [9.17, 15) is 23.9 Å². The number of carbonyl (C=O) groups excluding carboxylic acids is 1. The summed E-state index contributed by atoms with van der Waals surface area (Å²) in [5, 5.41) is 25.0. The van der Waals surface area contributed by atoms with Gasteiger partial charge in [-0.15, -0.1) is 5.10 Å². The van der Waals surface area contributed by atoms with E-state index < -0.39 is 28.6 Å². The van der Waals surface area contributed by atoms with Crippen LogP contribution in [0, 0.1) is 42.7 Å². The number of hydrogen-bond donors (Lipinski definition) is 1. The van der Waals surface area contributed by atoms with Gasteiger partial charge in [-0.25, -0.2) is 23.1 Å². The maximum atomic E-state index is 14.9. The van der Waals surface area contributed by atoms with Crippen molar-refractivity contribution < 1.29 is 23.4 Å². The maximum absolute atomic E-state index is 14.9. The van der Waals surface area contributed by atoms with E-state index in [1.165, 1.54) is 26.0 Å². The van der Waals surface area contributed by atoms with Gasteiger partial charge in [-0.3, -0.25) is 0 Å². The van der Waals surface area contributed by atoms with Crippen molar-refractivity contribution >= 4 is 11.7 Å². The molecule has 8 nitrogen and oxygen atoms in total. The number of aliphatic hydroxyl groups is 1. The fraction of sp³-hybridized carbons (Fsp3) is 0.500. The molecule has 210 valence electrons. The summed E-state index contributed by atoms with van der Waals surface area (Å²) in [7, 11) is 0.